The molecule has 0 saturated heterocycles. The van der Waals surface area contributed by atoms with Crippen molar-refractivity contribution in [2.24, 2.45) is 5.73 Å². The van der Waals surface area contributed by atoms with Gasteiger partial charge in [-0.3, -0.25) is 0 Å². The van der Waals surface area contributed by atoms with Crippen molar-refractivity contribution >= 4 is 0 Å². The molecule has 0 radical (unpaired) electrons. The summed E-state index contributed by atoms with van der Waals surface area (Å²) in [7, 11) is 0. The Morgan fingerprint density at radius 3 is 2.33 bits per heavy atom. The Balaban J connectivity index is 1.88. The van der Waals surface area contributed by atoms with Gasteiger partial charge in [0.1, 0.15) is 0 Å². The number of ether oxygens (including phenoxy) is 1. The van der Waals surface area contributed by atoms with Gasteiger partial charge in [0.25, 0.3) is 0 Å². The predicted octanol–water partition coefficient (Wildman–Crippen LogP) is 3.65. The molecule has 2 nitrogen and oxygen atoms in total. The Labute approximate surface area is 111 Å². The first-order valence-corrected chi connectivity index (χ1v) is 7.10. The third kappa shape index (κ3) is 3.82. The van der Waals surface area contributed by atoms with Crippen molar-refractivity contribution < 1.29 is 4.74 Å². The minimum absolute atomic E-state index is 0.00512. The molecule has 18 heavy (non-hydrogen) atoms. The van der Waals surface area contributed by atoms with E-state index in [0.717, 1.165) is 0 Å². The lowest BCUT2D eigenvalue weighted by Gasteiger charge is -2.24. The minimum Gasteiger partial charge on any atom is -0.376 e. The lowest BCUT2D eigenvalue weighted by atomic mass is 9.97. The van der Waals surface area contributed by atoms with Gasteiger partial charge >= 0.3 is 0 Å². The van der Waals surface area contributed by atoms with Crippen LogP contribution in [-0.4, -0.2) is 12.7 Å². The summed E-state index contributed by atoms with van der Waals surface area (Å²) < 4.78 is 5.95. The summed E-state index contributed by atoms with van der Waals surface area (Å²) in [6.45, 7) is 4.88. The van der Waals surface area contributed by atoms with Crippen LogP contribution < -0.4 is 5.73 Å². The highest BCUT2D eigenvalue weighted by Crippen LogP contribution is 2.22. The van der Waals surface area contributed by atoms with E-state index in [1.165, 1.54) is 48.8 Å². The molecule has 1 atom stereocenters. The number of nitrogens with two attached hydrogens (primary N) is 1. The predicted molar refractivity (Wildman–Crippen MR) is 75.7 cm³/mol. The summed E-state index contributed by atoms with van der Waals surface area (Å²) in [4.78, 5) is 0. The maximum Gasteiger partial charge on any atom is 0.0663 e. The summed E-state index contributed by atoms with van der Waals surface area (Å²) in [6.07, 6.45) is 6.84. The average Bonchev–Trinajstić information content (AvgIpc) is 2.36. The Morgan fingerprint density at radius 2 is 1.72 bits per heavy atom. The molecule has 1 aliphatic rings. The lowest BCUT2D eigenvalue weighted by Crippen LogP contribution is -2.24. The standard InChI is InChI=1S/C16H25NO/c1-12-8-13(2)10-14(9-12)16(17)11-18-15-6-4-3-5-7-15/h8-10,15-16H,3-7,11,17H2,1-2H3. The second-order valence-corrected chi connectivity index (χ2v) is 5.62. The molecule has 0 aromatic heterocycles. The molecule has 1 aromatic carbocycles. The van der Waals surface area contributed by atoms with E-state index >= 15 is 0 Å². The first-order valence-electron chi connectivity index (χ1n) is 7.10. The van der Waals surface area contributed by atoms with E-state index in [0.29, 0.717) is 12.7 Å². The van der Waals surface area contributed by atoms with Crippen molar-refractivity contribution in [2.75, 3.05) is 6.61 Å². The van der Waals surface area contributed by atoms with Crippen LogP contribution in [0.15, 0.2) is 18.2 Å². The van der Waals surface area contributed by atoms with Gasteiger partial charge in [0.05, 0.1) is 18.8 Å². The van der Waals surface area contributed by atoms with Crippen LogP contribution in [0.3, 0.4) is 0 Å². The molecule has 1 unspecified atom stereocenters. The van der Waals surface area contributed by atoms with Crippen molar-refractivity contribution in [2.45, 2.75) is 58.1 Å². The second kappa shape index (κ2) is 6.35. The molecule has 0 aliphatic heterocycles. The lowest BCUT2D eigenvalue weighted by molar-refractivity contribution is 0.0206. The zero-order chi connectivity index (χ0) is 13.0. The Morgan fingerprint density at radius 1 is 1.11 bits per heavy atom. The zero-order valence-corrected chi connectivity index (χ0v) is 11.6. The number of hydrogen-bond donors (Lipinski definition) is 1. The topological polar surface area (TPSA) is 35.2 Å². The maximum atomic E-state index is 6.22. The fraction of sp³-hybridized carbons (Fsp3) is 0.625. The van der Waals surface area contributed by atoms with Crippen molar-refractivity contribution in [1.82, 2.24) is 0 Å². The van der Waals surface area contributed by atoms with Crippen LogP contribution in [0.5, 0.6) is 0 Å². The number of benzene rings is 1. The van der Waals surface area contributed by atoms with Gasteiger partial charge in [-0.2, -0.15) is 0 Å². The molecule has 1 saturated carbocycles. The highest BCUT2D eigenvalue weighted by molar-refractivity contribution is 5.30. The Hall–Kier alpha value is -0.860. The van der Waals surface area contributed by atoms with Gasteiger partial charge in [-0.15, -0.1) is 0 Å². The van der Waals surface area contributed by atoms with E-state index in [4.69, 9.17) is 10.5 Å². The fourth-order valence-electron chi connectivity index (χ4n) is 2.79. The summed E-state index contributed by atoms with van der Waals surface area (Å²) in [5.74, 6) is 0. The molecule has 0 spiro atoms. The largest absolute Gasteiger partial charge is 0.376 e. The minimum atomic E-state index is 0.00512. The molecule has 1 aliphatic carbocycles. The van der Waals surface area contributed by atoms with Crippen LogP contribution in [0.2, 0.25) is 0 Å². The first kappa shape index (κ1) is 13.6. The number of rotatable bonds is 4. The monoisotopic (exact) mass is 247 g/mol. The van der Waals surface area contributed by atoms with E-state index in [9.17, 15) is 0 Å². The van der Waals surface area contributed by atoms with Crippen LogP contribution in [0.1, 0.15) is 54.8 Å². The SMILES string of the molecule is Cc1cc(C)cc(C(N)COC2CCCCC2)c1. The summed E-state index contributed by atoms with van der Waals surface area (Å²) in [5, 5.41) is 0. The molecule has 2 N–H and O–H groups in total. The first-order chi connectivity index (χ1) is 8.65. The van der Waals surface area contributed by atoms with Crippen molar-refractivity contribution in [3.8, 4) is 0 Å². The van der Waals surface area contributed by atoms with Crippen molar-refractivity contribution in [3.63, 3.8) is 0 Å². The van der Waals surface area contributed by atoms with E-state index in [-0.39, 0.29) is 6.04 Å². The number of aryl methyl sites for hydroxylation is 2. The van der Waals surface area contributed by atoms with E-state index in [2.05, 4.69) is 32.0 Å². The molecule has 2 heteroatoms. The molecule has 100 valence electrons. The van der Waals surface area contributed by atoms with E-state index < -0.39 is 0 Å². The fourth-order valence-corrected chi connectivity index (χ4v) is 2.79. The van der Waals surface area contributed by atoms with Gasteiger partial charge in [0, 0.05) is 0 Å². The molecule has 1 fully saturated rings. The van der Waals surface area contributed by atoms with E-state index in [1.807, 2.05) is 0 Å². The Bertz CT molecular complexity index is 362. The second-order valence-electron chi connectivity index (χ2n) is 5.62. The third-order valence-electron chi connectivity index (χ3n) is 3.74. The molecular weight excluding hydrogens is 222 g/mol. The van der Waals surface area contributed by atoms with Gasteiger partial charge in [-0.1, -0.05) is 48.6 Å². The van der Waals surface area contributed by atoms with Crippen LogP contribution in [0.4, 0.5) is 0 Å². The smallest absolute Gasteiger partial charge is 0.0663 e. The molecule has 0 amide bonds. The zero-order valence-electron chi connectivity index (χ0n) is 11.6. The Kier molecular flexibility index (Phi) is 4.79. The molecular formula is C16H25NO. The van der Waals surface area contributed by atoms with Gasteiger partial charge < -0.3 is 10.5 Å². The van der Waals surface area contributed by atoms with Gasteiger partial charge in [-0.25, -0.2) is 0 Å². The summed E-state index contributed by atoms with van der Waals surface area (Å²) in [5.41, 5.74) is 9.97. The highest BCUT2D eigenvalue weighted by atomic mass is 16.5. The van der Waals surface area contributed by atoms with Crippen molar-refractivity contribution in [1.29, 1.82) is 0 Å². The molecule has 1 aromatic rings. The normalized spacial score (nSPS) is 18.8. The number of hydrogen-bond acceptors (Lipinski definition) is 2. The van der Waals surface area contributed by atoms with Crippen LogP contribution in [0.25, 0.3) is 0 Å². The molecule has 0 bridgehead atoms. The maximum absolute atomic E-state index is 6.22. The van der Waals surface area contributed by atoms with Crippen molar-refractivity contribution in [3.05, 3.63) is 34.9 Å². The molecule has 2 rings (SSSR count). The molecule has 0 heterocycles. The van der Waals surface area contributed by atoms with Gasteiger partial charge in [0.15, 0.2) is 0 Å². The van der Waals surface area contributed by atoms with E-state index in [1.54, 1.807) is 0 Å². The summed E-state index contributed by atoms with van der Waals surface area (Å²) >= 11 is 0. The quantitative estimate of drug-likeness (QED) is 0.881. The van der Waals surface area contributed by atoms with Gasteiger partial charge in [0.2, 0.25) is 0 Å². The van der Waals surface area contributed by atoms with Crippen LogP contribution >= 0.6 is 0 Å². The summed E-state index contributed by atoms with van der Waals surface area (Å²) in [6, 6.07) is 6.52. The van der Waals surface area contributed by atoms with Gasteiger partial charge in [-0.05, 0) is 32.3 Å². The average molecular weight is 247 g/mol. The highest BCUT2D eigenvalue weighted by Gasteiger charge is 2.15. The third-order valence-corrected chi connectivity index (χ3v) is 3.74. The van der Waals surface area contributed by atoms with Crippen LogP contribution in [-0.2, 0) is 4.74 Å². The van der Waals surface area contributed by atoms with Crippen LogP contribution in [0, 0.1) is 13.8 Å².